The zero-order valence-corrected chi connectivity index (χ0v) is 11.8. The Morgan fingerprint density at radius 1 is 0.944 bits per heavy atom. The lowest BCUT2D eigenvalue weighted by Crippen LogP contribution is -2.04. The van der Waals surface area contributed by atoms with Crippen LogP contribution in [0.3, 0.4) is 0 Å². The summed E-state index contributed by atoms with van der Waals surface area (Å²) >= 11 is 10.6. The number of aryl methyl sites for hydroxylation is 1. The van der Waals surface area contributed by atoms with Gasteiger partial charge < -0.3 is 0 Å². The van der Waals surface area contributed by atoms with E-state index in [2.05, 4.69) is 36.9 Å². The second-order valence-electron chi connectivity index (χ2n) is 4.81. The molecule has 3 rings (SSSR count). The van der Waals surface area contributed by atoms with Gasteiger partial charge in [-0.15, -0.1) is 12.6 Å². The van der Waals surface area contributed by atoms with Crippen molar-refractivity contribution in [2.24, 2.45) is 0 Å². The molecule has 0 fully saturated rings. The summed E-state index contributed by atoms with van der Waals surface area (Å²) in [7, 11) is 0. The van der Waals surface area contributed by atoms with Gasteiger partial charge in [-0.2, -0.15) is 0 Å². The number of fused-ring (bicyclic) bond motifs is 1. The van der Waals surface area contributed by atoms with Gasteiger partial charge in [0.2, 0.25) is 0 Å². The largest absolute Gasteiger partial charge is 0.143 e. The number of hydrogen-bond acceptors (Lipinski definition) is 1. The van der Waals surface area contributed by atoms with Crippen LogP contribution in [0.25, 0.3) is 11.1 Å². The molecule has 0 aromatic heterocycles. The van der Waals surface area contributed by atoms with E-state index < -0.39 is 0 Å². The Bertz CT molecular complexity index is 590. The van der Waals surface area contributed by atoms with E-state index in [0.717, 1.165) is 9.92 Å². The molecular weight excluding hydrogens is 260 g/mol. The molecule has 0 spiro atoms. The molecule has 0 bridgehead atoms. The highest BCUT2D eigenvalue weighted by molar-refractivity contribution is 7.80. The first-order valence-electron chi connectivity index (χ1n) is 6.35. The van der Waals surface area contributed by atoms with Gasteiger partial charge >= 0.3 is 0 Å². The second-order valence-corrected chi connectivity index (χ2v) is 5.73. The first-order chi connectivity index (χ1) is 8.75. The Hall–Kier alpha value is -0.920. The van der Waals surface area contributed by atoms with Crippen LogP contribution in [0, 0.1) is 0 Å². The third-order valence-corrected chi connectivity index (χ3v) is 4.25. The van der Waals surface area contributed by atoms with Crippen molar-refractivity contribution in [3.8, 4) is 11.1 Å². The number of halogens is 1. The molecule has 2 heteroatoms. The summed E-state index contributed by atoms with van der Waals surface area (Å²) in [6.45, 7) is 0. The monoisotopic (exact) mass is 274 g/mol. The van der Waals surface area contributed by atoms with Crippen molar-refractivity contribution >= 4 is 24.2 Å². The van der Waals surface area contributed by atoms with Crippen molar-refractivity contribution in [2.45, 2.75) is 30.6 Å². The van der Waals surface area contributed by atoms with Crippen molar-refractivity contribution < 1.29 is 0 Å². The summed E-state index contributed by atoms with van der Waals surface area (Å²) < 4.78 is 0. The first-order valence-corrected chi connectivity index (χ1v) is 7.18. The molecule has 92 valence electrons. The molecule has 0 saturated carbocycles. The molecule has 0 heterocycles. The Balaban J connectivity index is 2.17. The fraction of sp³-hybridized carbons (Fsp3) is 0.250. The highest BCUT2D eigenvalue weighted by atomic mass is 35.5. The molecule has 0 unspecified atom stereocenters. The van der Waals surface area contributed by atoms with Crippen molar-refractivity contribution in [2.75, 3.05) is 0 Å². The van der Waals surface area contributed by atoms with Gasteiger partial charge in [-0.05, 0) is 60.1 Å². The Kier molecular flexibility index (Phi) is 3.36. The van der Waals surface area contributed by atoms with Gasteiger partial charge in [0.05, 0.1) is 0 Å². The maximum absolute atomic E-state index is 6.00. The molecule has 0 N–H and O–H groups in total. The van der Waals surface area contributed by atoms with E-state index in [9.17, 15) is 0 Å². The predicted octanol–water partition coefficient (Wildman–Crippen LogP) is 5.17. The van der Waals surface area contributed by atoms with Crippen LogP contribution in [-0.4, -0.2) is 0 Å². The van der Waals surface area contributed by atoms with E-state index in [1.54, 1.807) is 0 Å². The maximum atomic E-state index is 6.00. The number of thiol groups is 1. The average molecular weight is 275 g/mol. The van der Waals surface area contributed by atoms with Crippen LogP contribution in [0.5, 0.6) is 0 Å². The minimum absolute atomic E-state index is 0.744. The maximum Gasteiger partial charge on any atom is 0.0417 e. The van der Waals surface area contributed by atoms with Crippen LogP contribution < -0.4 is 0 Å². The average Bonchev–Trinajstić information content (AvgIpc) is 2.38. The van der Waals surface area contributed by atoms with Gasteiger partial charge in [-0.3, -0.25) is 0 Å². The minimum Gasteiger partial charge on any atom is -0.143 e. The molecule has 18 heavy (non-hydrogen) atoms. The molecule has 2 aromatic carbocycles. The Labute approximate surface area is 118 Å². The van der Waals surface area contributed by atoms with E-state index in [-0.39, 0.29) is 0 Å². The van der Waals surface area contributed by atoms with E-state index in [0.29, 0.717) is 0 Å². The van der Waals surface area contributed by atoms with Crippen molar-refractivity contribution in [1.29, 1.82) is 0 Å². The van der Waals surface area contributed by atoms with E-state index in [1.807, 2.05) is 12.1 Å². The van der Waals surface area contributed by atoms with Crippen LogP contribution in [0.2, 0.25) is 5.02 Å². The summed E-state index contributed by atoms with van der Waals surface area (Å²) in [6, 6.07) is 12.6. The zero-order chi connectivity index (χ0) is 12.5. The molecule has 0 atom stereocenters. The fourth-order valence-corrected chi connectivity index (χ4v) is 3.35. The molecule has 0 radical (unpaired) electrons. The summed E-state index contributed by atoms with van der Waals surface area (Å²) in [6.07, 6.45) is 4.99. The smallest absolute Gasteiger partial charge is 0.0417 e. The third kappa shape index (κ3) is 2.17. The van der Waals surface area contributed by atoms with Crippen LogP contribution in [0.15, 0.2) is 41.3 Å². The van der Waals surface area contributed by atoms with E-state index in [1.165, 1.54) is 47.9 Å². The minimum atomic E-state index is 0.744. The van der Waals surface area contributed by atoms with Crippen molar-refractivity contribution in [1.82, 2.24) is 0 Å². The Morgan fingerprint density at radius 2 is 1.78 bits per heavy atom. The van der Waals surface area contributed by atoms with E-state index in [4.69, 9.17) is 11.6 Å². The quantitative estimate of drug-likeness (QED) is 0.681. The van der Waals surface area contributed by atoms with Gasteiger partial charge in [0.15, 0.2) is 0 Å². The van der Waals surface area contributed by atoms with Gasteiger partial charge in [0.25, 0.3) is 0 Å². The van der Waals surface area contributed by atoms with Gasteiger partial charge in [0, 0.05) is 9.92 Å². The highest BCUT2D eigenvalue weighted by Gasteiger charge is 2.15. The highest BCUT2D eigenvalue weighted by Crippen LogP contribution is 2.35. The molecule has 0 aliphatic heterocycles. The molecule has 1 aliphatic rings. The summed E-state index contributed by atoms with van der Waals surface area (Å²) in [4.78, 5) is 0.960. The van der Waals surface area contributed by atoms with Crippen LogP contribution in [0.4, 0.5) is 0 Å². The van der Waals surface area contributed by atoms with Crippen LogP contribution in [-0.2, 0) is 12.8 Å². The molecule has 0 saturated heterocycles. The Morgan fingerprint density at radius 3 is 2.61 bits per heavy atom. The molecule has 0 nitrogen and oxygen atoms in total. The van der Waals surface area contributed by atoms with Gasteiger partial charge in [-0.25, -0.2) is 0 Å². The summed E-state index contributed by atoms with van der Waals surface area (Å²) in [5.41, 5.74) is 5.53. The van der Waals surface area contributed by atoms with Crippen molar-refractivity contribution in [3.63, 3.8) is 0 Å². The summed E-state index contributed by atoms with van der Waals surface area (Å²) in [5, 5.41) is 0.744. The fourth-order valence-electron chi connectivity index (χ4n) is 2.77. The molecular formula is C16H15ClS. The summed E-state index contributed by atoms with van der Waals surface area (Å²) in [5.74, 6) is 0. The van der Waals surface area contributed by atoms with Gasteiger partial charge in [0.1, 0.15) is 0 Å². The first kappa shape index (κ1) is 12.1. The van der Waals surface area contributed by atoms with Crippen LogP contribution in [0.1, 0.15) is 24.0 Å². The topological polar surface area (TPSA) is 0 Å². The lowest BCUT2D eigenvalue weighted by molar-refractivity contribution is 0.687. The molecule has 2 aromatic rings. The second kappa shape index (κ2) is 4.99. The lowest BCUT2D eigenvalue weighted by atomic mass is 9.86. The zero-order valence-electron chi connectivity index (χ0n) is 10.1. The number of benzene rings is 2. The third-order valence-electron chi connectivity index (χ3n) is 3.65. The predicted molar refractivity (Wildman–Crippen MR) is 80.8 cm³/mol. The standard InChI is InChI=1S/C16H15ClS/c17-12-8-9-15(16(18)10-12)14-7-3-5-11-4-1-2-6-13(11)14/h3,5,7-10,18H,1-2,4,6H2. The van der Waals surface area contributed by atoms with Crippen molar-refractivity contribution in [3.05, 3.63) is 52.5 Å². The lowest BCUT2D eigenvalue weighted by Gasteiger charge is -2.20. The molecule has 0 amide bonds. The van der Waals surface area contributed by atoms with Gasteiger partial charge in [-0.1, -0.05) is 35.9 Å². The number of hydrogen-bond donors (Lipinski definition) is 1. The van der Waals surface area contributed by atoms with E-state index >= 15 is 0 Å². The normalized spacial score (nSPS) is 14.3. The van der Waals surface area contributed by atoms with Crippen LogP contribution >= 0.6 is 24.2 Å². The molecule has 1 aliphatic carbocycles. The SMILES string of the molecule is Sc1cc(Cl)ccc1-c1cccc2c1CCCC2. The number of rotatable bonds is 1.